The number of nitrogens with zero attached hydrogens (tertiary/aromatic N) is 1. The number of carbonyl (C=O) groups excluding carboxylic acids is 1. The second-order valence-corrected chi connectivity index (χ2v) is 9.73. The molecule has 2 heterocycles. The number of fused-ring (bicyclic) bond motifs is 2. The topological polar surface area (TPSA) is 74.7 Å². The predicted molar refractivity (Wildman–Crippen MR) is 155 cm³/mol. The van der Waals surface area contributed by atoms with Gasteiger partial charge in [-0.3, -0.25) is 0 Å². The molecule has 0 atom stereocenters. The number of para-hydroxylation sites is 1. The van der Waals surface area contributed by atoms with Crippen LogP contribution in [0.5, 0.6) is 5.75 Å². The molecule has 200 valence electrons. The Morgan fingerprint density at radius 1 is 0.900 bits per heavy atom. The van der Waals surface area contributed by atoms with Crippen molar-refractivity contribution in [2.24, 2.45) is 0 Å². The van der Waals surface area contributed by atoms with Gasteiger partial charge in [-0.1, -0.05) is 61.9 Å². The molecule has 6 aromatic rings. The molecule has 0 aliphatic heterocycles. The number of esters is 1. The Bertz CT molecular complexity index is 1800. The average molecular weight is 532 g/mol. The van der Waals surface area contributed by atoms with Crippen LogP contribution in [-0.4, -0.2) is 18.1 Å². The van der Waals surface area contributed by atoms with E-state index in [-0.39, 0.29) is 5.97 Å². The molecule has 0 aliphatic carbocycles. The first-order valence-electron chi connectivity index (χ1n) is 13.4. The summed E-state index contributed by atoms with van der Waals surface area (Å²) in [5.41, 5.74) is 4.23. The monoisotopic (exact) mass is 531 g/mol. The molecule has 0 spiro atoms. The van der Waals surface area contributed by atoms with Gasteiger partial charge in [-0.15, -0.1) is 0 Å². The standard InChI is InChI=1S/C34H29NO5/c1-3-4-8-30-32(28-7-5-6-9-29(28)39-30)33-35-20-31(40-33)26-15-14-25-19-27(17-16-24(25)18-26)38-21-22-10-12-23(13-11-22)34(36)37-2/h5-7,9-20H,3-4,8,21H2,1-2H3. The molecule has 2 aromatic heterocycles. The lowest BCUT2D eigenvalue weighted by molar-refractivity contribution is 0.0600. The molecule has 6 heteroatoms. The number of rotatable bonds is 9. The maximum atomic E-state index is 11.6. The minimum atomic E-state index is -0.352. The Labute approximate surface area is 232 Å². The van der Waals surface area contributed by atoms with Gasteiger partial charge in [0.25, 0.3) is 0 Å². The van der Waals surface area contributed by atoms with Crippen molar-refractivity contribution >= 4 is 27.7 Å². The highest BCUT2D eigenvalue weighted by Crippen LogP contribution is 2.37. The third-order valence-electron chi connectivity index (χ3n) is 7.02. The molecule has 0 fully saturated rings. The molecular formula is C34H29NO5. The molecule has 6 nitrogen and oxygen atoms in total. The summed E-state index contributed by atoms with van der Waals surface area (Å²) in [4.78, 5) is 16.3. The molecule has 0 saturated heterocycles. The zero-order chi connectivity index (χ0) is 27.5. The van der Waals surface area contributed by atoms with Crippen molar-refractivity contribution in [1.29, 1.82) is 0 Å². The van der Waals surface area contributed by atoms with Gasteiger partial charge in [0.05, 0.1) is 24.4 Å². The van der Waals surface area contributed by atoms with Crippen molar-refractivity contribution in [3.8, 4) is 28.5 Å². The van der Waals surface area contributed by atoms with Gasteiger partial charge in [0.15, 0.2) is 5.76 Å². The van der Waals surface area contributed by atoms with E-state index >= 15 is 0 Å². The van der Waals surface area contributed by atoms with Gasteiger partial charge in [0, 0.05) is 17.4 Å². The second kappa shape index (κ2) is 11.1. The van der Waals surface area contributed by atoms with Crippen molar-refractivity contribution in [3.63, 3.8) is 0 Å². The zero-order valence-electron chi connectivity index (χ0n) is 22.5. The van der Waals surface area contributed by atoms with E-state index in [0.29, 0.717) is 23.8 Å². The van der Waals surface area contributed by atoms with Crippen molar-refractivity contribution in [2.75, 3.05) is 7.11 Å². The molecule has 4 aromatic carbocycles. The summed E-state index contributed by atoms with van der Waals surface area (Å²) in [5, 5.41) is 3.15. The molecule has 6 rings (SSSR count). The summed E-state index contributed by atoms with van der Waals surface area (Å²) >= 11 is 0. The Hall–Kier alpha value is -4.84. The number of aromatic nitrogens is 1. The van der Waals surface area contributed by atoms with Crippen molar-refractivity contribution in [2.45, 2.75) is 32.8 Å². The molecule has 0 amide bonds. The van der Waals surface area contributed by atoms with E-state index in [1.807, 2.05) is 54.6 Å². The first kappa shape index (κ1) is 25.4. The fourth-order valence-corrected chi connectivity index (χ4v) is 4.86. The molecule has 0 aliphatic rings. The number of carbonyl (C=O) groups is 1. The number of aryl methyl sites for hydroxylation is 1. The van der Waals surface area contributed by atoms with E-state index < -0.39 is 0 Å². The van der Waals surface area contributed by atoms with Crippen LogP contribution in [0.25, 0.3) is 44.5 Å². The predicted octanol–water partition coefficient (Wildman–Crippen LogP) is 8.62. The smallest absolute Gasteiger partial charge is 0.337 e. The zero-order valence-corrected chi connectivity index (χ0v) is 22.5. The van der Waals surface area contributed by atoms with Crippen molar-refractivity contribution in [3.05, 3.63) is 108 Å². The number of furan rings is 1. The maximum Gasteiger partial charge on any atom is 0.337 e. The van der Waals surface area contributed by atoms with Crippen molar-refractivity contribution < 1.29 is 23.1 Å². The second-order valence-electron chi connectivity index (χ2n) is 9.73. The van der Waals surface area contributed by atoms with E-state index in [0.717, 1.165) is 69.2 Å². The van der Waals surface area contributed by atoms with Crippen LogP contribution in [-0.2, 0) is 17.8 Å². The average Bonchev–Trinajstić information content (AvgIpc) is 3.63. The van der Waals surface area contributed by atoms with E-state index in [4.69, 9.17) is 18.3 Å². The third-order valence-corrected chi connectivity index (χ3v) is 7.02. The van der Waals surface area contributed by atoms with Gasteiger partial charge in [-0.25, -0.2) is 9.78 Å². The number of methoxy groups -OCH3 is 1. The largest absolute Gasteiger partial charge is 0.489 e. The maximum absolute atomic E-state index is 11.6. The van der Waals surface area contributed by atoms with Crippen molar-refractivity contribution in [1.82, 2.24) is 4.98 Å². The third kappa shape index (κ3) is 5.08. The van der Waals surface area contributed by atoms with E-state index in [9.17, 15) is 4.79 Å². The highest BCUT2D eigenvalue weighted by Gasteiger charge is 2.20. The molecule has 0 N–H and O–H groups in total. The molecule has 0 bridgehead atoms. The number of hydrogen-bond donors (Lipinski definition) is 0. The number of ether oxygens (including phenoxy) is 2. The molecule has 0 radical (unpaired) electrons. The first-order chi connectivity index (χ1) is 19.6. The van der Waals surface area contributed by atoms with Gasteiger partial charge < -0.3 is 18.3 Å². The number of benzene rings is 4. The molecule has 40 heavy (non-hydrogen) atoms. The fraction of sp³-hybridized carbons (Fsp3) is 0.176. The summed E-state index contributed by atoms with van der Waals surface area (Å²) in [7, 11) is 1.37. The minimum absolute atomic E-state index is 0.352. The number of hydrogen-bond acceptors (Lipinski definition) is 6. The quantitative estimate of drug-likeness (QED) is 0.174. The van der Waals surface area contributed by atoms with Crippen LogP contribution in [0.2, 0.25) is 0 Å². The Balaban J connectivity index is 1.21. The summed E-state index contributed by atoms with van der Waals surface area (Å²) in [6.07, 6.45) is 4.75. The summed E-state index contributed by atoms with van der Waals surface area (Å²) in [5.74, 6) is 2.62. The summed E-state index contributed by atoms with van der Waals surface area (Å²) in [6.45, 7) is 2.57. The van der Waals surface area contributed by atoms with Crippen LogP contribution in [0.1, 0.15) is 41.4 Å². The van der Waals surface area contributed by atoms with Crippen LogP contribution in [0, 0.1) is 0 Å². The summed E-state index contributed by atoms with van der Waals surface area (Å²) < 4.78 is 23.2. The lowest BCUT2D eigenvalue weighted by Crippen LogP contribution is -2.01. The van der Waals surface area contributed by atoms with Gasteiger partial charge in [-0.2, -0.15) is 0 Å². The minimum Gasteiger partial charge on any atom is -0.489 e. The van der Waals surface area contributed by atoms with E-state index in [1.165, 1.54) is 7.11 Å². The van der Waals surface area contributed by atoms with Crippen LogP contribution in [0.4, 0.5) is 0 Å². The number of oxazole rings is 1. The van der Waals surface area contributed by atoms with Gasteiger partial charge in [0.1, 0.15) is 23.7 Å². The number of unbranched alkanes of at least 4 members (excludes halogenated alkanes) is 1. The Morgan fingerprint density at radius 3 is 2.52 bits per heavy atom. The Kier molecular flexibility index (Phi) is 7.06. The highest BCUT2D eigenvalue weighted by molar-refractivity contribution is 5.94. The lowest BCUT2D eigenvalue weighted by atomic mass is 10.1. The van der Waals surface area contributed by atoms with Gasteiger partial charge in [0.2, 0.25) is 5.89 Å². The fourth-order valence-electron chi connectivity index (χ4n) is 4.86. The SMILES string of the molecule is CCCCc1oc2ccccc2c1-c1ncc(-c2ccc3cc(OCc4ccc(C(=O)OC)cc4)ccc3c2)o1. The molecule has 0 saturated carbocycles. The normalized spacial score (nSPS) is 11.2. The van der Waals surface area contributed by atoms with Gasteiger partial charge in [-0.05, 0) is 59.2 Å². The lowest BCUT2D eigenvalue weighted by Gasteiger charge is -2.09. The Morgan fingerprint density at radius 2 is 1.70 bits per heavy atom. The van der Waals surface area contributed by atoms with E-state index in [2.05, 4.69) is 30.1 Å². The summed E-state index contributed by atoms with van der Waals surface area (Å²) in [6, 6.07) is 27.5. The van der Waals surface area contributed by atoms with E-state index in [1.54, 1.807) is 18.3 Å². The van der Waals surface area contributed by atoms with Crippen LogP contribution < -0.4 is 4.74 Å². The van der Waals surface area contributed by atoms with Gasteiger partial charge >= 0.3 is 5.97 Å². The van der Waals surface area contributed by atoms with Crippen LogP contribution in [0.15, 0.2) is 100.0 Å². The highest BCUT2D eigenvalue weighted by atomic mass is 16.5. The molecular weight excluding hydrogens is 502 g/mol. The first-order valence-corrected chi connectivity index (χ1v) is 13.4. The van der Waals surface area contributed by atoms with Crippen LogP contribution >= 0.6 is 0 Å². The molecule has 0 unspecified atom stereocenters. The van der Waals surface area contributed by atoms with Crippen LogP contribution in [0.3, 0.4) is 0 Å².